The average molecular weight is 255 g/mol. The molecule has 0 aliphatic heterocycles. The van der Waals surface area contributed by atoms with Crippen molar-refractivity contribution in [1.82, 2.24) is 0 Å². The van der Waals surface area contributed by atoms with Crippen LogP contribution in [0.1, 0.15) is 28.4 Å². The molecule has 0 unspecified atom stereocenters. The number of carbonyl (C=O) groups excluding carboxylic acids is 1. The van der Waals surface area contributed by atoms with Crippen molar-refractivity contribution in [2.24, 2.45) is 0 Å². The van der Waals surface area contributed by atoms with E-state index in [0.29, 0.717) is 16.8 Å². The molecule has 19 heavy (non-hydrogen) atoms. The quantitative estimate of drug-likeness (QED) is 0.674. The number of aryl methyl sites for hydroxylation is 1. The summed E-state index contributed by atoms with van der Waals surface area (Å²) in [7, 11) is 1.62. The zero-order valence-electron chi connectivity index (χ0n) is 11.1. The molecule has 0 saturated heterocycles. The molecule has 0 aliphatic rings. The van der Waals surface area contributed by atoms with Crippen molar-refractivity contribution in [3.05, 3.63) is 59.2 Å². The van der Waals surface area contributed by atoms with Crippen LogP contribution in [0.4, 0.5) is 5.69 Å². The molecule has 0 atom stereocenters. The number of nitrogens with two attached hydrogens (primary N) is 1. The van der Waals surface area contributed by atoms with Crippen LogP contribution in [0.5, 0.6) is 5.75 Å². The predicted octanol–water partition coefficient (Wildman–Crippen LogP) is 3.07. The Hall–Kier alpha value is -2.29. The van der Waals surface area contributed by atoms with Crippen LogP contribution in [0.25, 0.3) is 0 Å². The minimum absolute atomic E-state index is 0.00759. The fraction of sp³-hybridized carbons (Fsp3) is 0.188. The van der Waals surface area contributed by atoms with Gasteiger partial charge < -0.3 is 10.5 Å². The van der Waals surface area contributed by atoms with Gasteiger partial charge in [-0.3, -0.25) is 4.79 Å². The van der Waals surface area contributed by atoms with E-state index < -0.39 is 0 Å². The predicted molar refractivity (Wildman–Crippen MR) is 76.7 cm³/mol. The highest BCUT2D eigenvalue weighted by atomic mass is 16.5. The van der Waals surface area contributed by atoms with Crippen LogP contribution in [-0.4, -0.2) is 12.9 Å². The molecular formula is C16H17NO2. The second-order valence-electron chi connectivity index (χ2n) is 4.33. The van der Waals surface area contributed by atoms with E-state index in [1.807, 2.05) is 19.1 Å². The van der Waals surface area contributed by atoms with Crippen molar-refractivity contribution in [1.29, 1.82) is 0 Å². The van der Waals surface area contributed by atoms with Crippen LogP contribution >= 0.6 is 0 Å². The highest BCUT2D eigenvalue weighted by molar-refractivity contribution is 6.10. The van der Waals surface area contributed by atoms with Gasteiger partial charge in [-0.2, -0.15) is 0 Å². The zero-order chi connectivity index (χ0) is 13.8. The minimum atomic E-state index is -0.00759. The van der Waals surface area contributed by atoms with Crippen molar-refractivity contribution in [2.75, 3.05) is 12.8 Å². The second-order valence-corrected chi connectivity index (χ2v) is 4.33. The Morgan fingerprint density at radius 3 is 2.63 bits per heavy atom. The van der Waals surface area contributed by atoms with E-state index in [2.05, 4.69) is 0 Å². The lowest BCUT2D eigenvalue weighted by atomic mass is 9.96. The highest BCUT2D eigenvalue weighted by Crippen LogP contribution is 2.21. The molecule has 3 nitrogen and oxygen atoms in total. The Labute approximate surface area is 113 Å². The van der Waals surface area contributed by atoms with Crippen LogP contribution in [0, 0.1) is 0 Å². The van der Waals surface area contributed by atoms with Crippen LogP contribution in [0.15, 0.2) is 42.5 Å². The Morgan fingerprint density at radius 1 is 1.21 bits per heavy atom. The topological polar surface area (TPSA) is 52.3 Å². The van der Waals surface area contributed by atoms with E-state index in [4.69, 9.17) is 10.5 Å². The van der Waals surface area contributed by atoms with E-state index in [-0.39, 0.29) is 5.78 Å². The van der Waals surface area contributed by atoms with Crippen LogP contribution in [0.3, 0.4) is 0 Å². The van der Waals surface area contributed by atoms with Crippen LogP contribution in [-0.2, 0) is 6.42 Å². The summed E-state index contributed by atoms with van der Waals surface area (Å²) >= 11 is 0. The zero-order valence-corrected chi connectivity index (χ0v) is 11.1. The van der Waals surface area contributed by atoms with Gasteiger partial charge in [-0.05, 0) is 42.3 Å². The Kier molecular flexibility index (Phi) is 3.85. The molecule has 2 aromatic carbocycles. The van der Waals surface area contributed by atoms with Gasteiger partial charge in [0.2, 0.25) is 0 Å². The van der Waals surface area contributed by atoms with E-state index in [0.717, 1.165) is 17.7 Å². The molecule has 3 heteroatoms. The Bertz CT molecular complexity index is 605. The summed E-state index contributed by atoms with van der Waals surface area (Å²) in [6.07, 6.45) is 0.778. The maximum Gasteiger partial charge on any atom is 0.193 e. The summed E-state index contributed by atoms with van der Waals surface area (Å²) < 4.78 is 5.18. The monoisotopic (exact) mass is 255 g/mol. The van der Waals surface area contributed by atoms with Crippen LogP contribution < -0.4 is 10.5 Å². The van der Waals surface area contributed by atoms with Crippen molar-refractivity contribution in [2.45, 2.75) is 13.3 Å². The van der Waals surface area contributed by atoms with Gasteiger partial charge in [-0.1, -0.05) is 19.1 Å². The van der Waals surface area contributed by atoms with E-state index in [9.17, 15) is 4.79 Å². The summed E-state index contributed by atoms with van der Waals surface area (Å²) in [5.41, 5.74) is 8.61. The first-order chi connectivity index (χ1) is 9.15. The minimum Gasteiger partial charge on any atom is -0.497 e. The number of hydrogen-bond acceptors (Lipinski definition) is 3. The molecule has 0 amide bonds. The fourth-order valence-corrected chi connectivity index (χ4v) is 2.05. The van der Waals surface area contributed by atoms with Crippen molar-refractivity contribution < 1.29 is 9.53 Å². The average Bonchev–Trinajstić information content (AvgIpc) is 2.45. The molecule has 0 bridgehead atoms. The number of benzene rings is 2. The molecule has 0 fully saturated rings. The fourth-order valence-electron chi connectivity index (χ4n) is 2.05. The maximum atomic E-state index is 12.5. The number of carbonyl (C=O) groups is 1. The third-order valence-corrected chi connectivity index (χ3v) is 3.09. The van der Waals surface area contributed by atoms with Gasteiger partial charge >= 0.3 is 0 Å². The molecule has 2 aromatic rings. The van der Waals surface area contributed by atoms with Crippen molar-refractivity contribution in [3.8, 4) is 5.75 Å². The van der Waals surface area contributed by atoms with Gasteiger partial charge in [-0.25, -0.2) is 0 Å². The number of nitrogen functional groups attached to an aromatic ring is 1. The number of ether oxygens (including phenoxy) is 1. The first kappa shape index (κ1) is 13.1. The summed E-state index contributed by atoms with van der Waals surface area (Å²) in [4.78, 5) is 12.5. The molecule has 0 aliphatic carbocycles. The molecule has 0 radical (unpaired) electrons. The molecule has 0 spiro atoms. The van der Waals surface area contributed by atoms with Gasteiger partial charge in [0.25, 0.3) is 0 Å². The number of ketones is 1. The van der Waals surface area contributed by atoms with E-state index in [1.165, 1.54) is 0 Å². The normalized spacial score (nSPS) is 10.2. The van der Waals surface area contributed by atoms with Crippen molar-refractivity contribution in [3.63, 3.8) is 0 Å². The lowest BCUT2D eigenvalue weighted by Gasteiger charge is -2.09. The Morgan fingerprint density at radius 2 is 2.00 bits per heavy atom. The highest BCUT2D eigenvalue weighted by Gasteiger charge is 2.13. The third-order valence-electron chi connectivity index (χ3n) is 3.09. The standard InChI is InChI=1S/C16H17NO2/c1-3-11-10-14(19-2)7-8-15(11)16(18)12-5-4-6-13(17)9-12/h4-10H,3,17H2,1-2H3. The Balaban J connectivity index is 2.44. The lowest BCUT2D eigenvalue weighted by molar-refractivity contribution is 0.103. The molecule has 0 aromatic heterocycles. The largest absolute Gasteiger partial charge is 0.497 e. The smallest absolute Gasteiger partial charge is 0.193 e. The third kappa shape index (κ3) is 2.76. The van der Waals surface area contributed by atoms with Crippen LogP contribution in [0.2, 0.25) is 0 Å². The van der Waals surface area contributed by atoms with Gasteiger partial charge in [0, 0.05) is 16.8 Å². The summed E-state index contributed by atoms with van der Waals surface area (Å²) in [5, 5.41) is 0. The summed E-state index contributed by atoms with van der Waals surface area (Å²) in [5.74, 6) is 0.757. The van der Waals surface area contributed by atoms with E-state index >= 15 is 0 Å². The van der Waals surface area contributed by atoms with Crippen molar-refractivity contribution >= 4 is 11.5 Å². The maximum absolute atomic E-state index is 12.5. The summed E-state index contributed by atoms with van der Waals surface area (Å²) in [6.45, 7) is 2.02. The summed E-state index contributed by atoms with van der Waals surface area (Å²) in [6, 6.07) is 12.6. The molecule has 0 heterocycles. The SMILES string of the molecule is CCc1cc(OC)ccc1C(=O)c1cccc(N)c1. The first-order valence-electron chi connectivity index (χ1n) is 6.23. The number of anilines is 1. The molecule has 2 rings (SSSR count). The van der Waals surface area contributed by atoms with Gasteiger partial charge in [0.1, 0.15) is 5.75 Å². The van der Waals surface area contributed by atoms with E-state index in [1.54, 1.807) is 37.4 Å². The number of rotatable bonds is 4. The lowest BCUT2D eigenvalue weighted by Crippen LogP contribution is -2.06. The molecule has 98 valence electrons. The number of methoxy groups -OCH3 is 1. The van der Waals surface area contributed by atoms with Gasteiger partial charge in [0.15, 0.2) is 5.78 Å². The molecule has 2 N–H and O–H groups in total. The second kappa shape index (κ2) is 5.57. The first-order valence-corrected chi connectivity index (χ1v) is 6.23. The molecular weight excluding hydrogens is 238 g/mol. The van der Waals surface area contributed by atoms with Gasteiger partial charge in [-0.15, -0.1) is 0 Å². The van der Waals surface area contributed by atoms with Gasteiger partial charge in [0.05, 0.1) is 7.11 Å². The number of hydrogen-bond donors (Lipinski definition) is 1. The molecule has 0 saturated carbocycles.